The third-order valence-electron chi connectivity index (χ3n) is 4.03. The van der Waals surface area contributed by atoms with Gasteiger partial charge in [-0.25, -0.2) is 9.59 Å². The van der Waals surface area contributed by atoms with Crippen molar-refractivity contribution in [1.29, 1.82) is 0 Å². The maximum atomic E-state index is 12.4. The molecule has 0 aliphatic rings. The van der Waals surface area contributed by atoms with Crippen LogP contribution in [0.15, 0.2) is 30.3 Å². The Bertz CT molecular complexity index is 516. The van der Waals surface area contributed by atoms with Crippen molar-refractivity contribution >= 4 is 12.1 Å². The lowest BCUT2D eigenvalue weighted by Gasteiger charge is -2.28. The number of benzene rings is 1. The quantitative estimate of drug-likeness (QED) is 0.464. The lowest BCUT2D eigenvalue weighted by molar-refractivity contribution is -0.150. The fourth-order valence-electron chi connectivity index (χ4n) is 2.60. The third-order valence-corrected chi connectivity index (χ3v) is 4.03. The second kappa shape index (κ2) is 11.5. The molecular formula is C20H31NO4. The Hall–Kier alpha value is -2.04. The SMILES string of the molecule is CCCCCCOC(=O)C(C(C)C)N(C)C(=O)OCc1ccccc1. The van der Waals surface area contributed by atoms with E-state index in [0.29, 0.717) is 6.61 Å². The lowest BCUT2D eigenvalue weighted by atomic mass is 10.0. The van der Waals surface area contributed by atoms with E-state index in [2.05, 4.69) is 6.92 Å². The van der Waals surface area contributed by atoms with Crippen LogP contribution in [0.1, 0.15) is 52.0 Å². The van der Waals surface area contributed by atoms with Gasteiger partial charge >= 0.3 is 12.1 Å². The van der Waals surface area contributed by atoms with Gasteiger partial charge in [-0.05, 0) is 17.9 Å². The molecule has 0 aliphatic carbocycles. The first-order valence-corrected chi connectivity index (χ1v) is 9.07. The monoisotopic (exact) mass is 349 g/mol. The molecule has 25 heavy (non-hydrogen) atoms. The molecule has 1 aromatic rings. The summed E-state index contributed by atoms with van der Waals surface area (Å²) in [5.74, 6) is -0.428. The minimum absolute atomic E-state index is 0.0579. The van der Waals surface area contributed by atoms with Gasteiger partial charge in [-0.15, -0.1) is 0 Å². The third kappa shape index (κ3) is 7.59. The van der Waals surface area contributed by atoms with Crippen LogP contribution in [-0.4, -0.2) is 36.7 Å². The predicted octanol–water partition coefficient (Wildman–Crippen LogP) is 4.40. The summed E-state index contributed by atoms with van der Waals surface area (Å²) in [5.41, 5.74) is 0.906. The molecule has 1 rings (SSSR count). The summed E-state index contributed by atoms with van der Waals surface area (Å²) in [6.45, 7) is 6.50. The lowest BCUT2D eigenvalue weighted by Crippen LogP contribution is -2.46. The molecular weight excluding hydrogens is 318 g/mol. The van der Waals surface area contributed by atoms with Crippen molar-refractivity contribution in [2.75, 3.05) is 13.7 Å². The average molecular weight is 349 g/mol. The molecule has 0 N–H and O–H groups in total. The number of esters is 1. The van der Waals surface area contributed by atoms with Crippen molar-refractivity contribution in [2.24, 2.45) is 5.92 Å². The Balaban J connectivity index is 2.51. The summed E-state index contributed by atoms with van der Waals surface area (Å²) < 4.78 is 10.7. The maximum absolute atomic E-state index is 12.4. The number of likely N-dealkylation sites (N-methyl/N-ethyl adjacent to an activating group) is 1. The van der Waals surface area contributed by atoms with Gasteiger partial charge in [-0.1, -0.05) is 70.4 Å². The molecule has 140 valence electrons. The number of amides is 1. The number of carbonyl (C=O) groups is 2. The fourth-order valence-corrected chi connectivity index (χ4v) is 2.60. The predicted molar refractivity (Wildman–Crippen MR) is 98.1 cm³/mol. The maximum Gasteiger partial charge on any atom is 0.410 e. The molecule has 0 bridgehead atoms. The largest absolute Gasteiger partial charge is 0.464 e. The van der Waals surface area contributed by atoms with E-state index in [-0.39, 0.29) is 18.5 Å². The first kappa shape index (κ1) is 21.0. The first-order valence-electron chi connectivity index (χ1n) is 9.07. The summed E-state index contributed by atoms with van der Waals surface area (Å²) in [4.78, 5) is 26.0. The summed E-state index contributed by atoms with van der Waals surface area (Å²) in [6, 6.07) is 8.81. The summed E-state index contributed by atoms with van der Waals surface area (Å²) in [7, 11) is 1.58. The van der Waals surface area contributed by atoms with Gasteiger partial charge < -0.3 is 9.47 Å². The molecule has 1 aromatic carbocycles. The molecule has 0 fully saturated rings. The van der Waals surface area contributed by atoms with Gasteiger partial charge in [0.05, 0.1) is 6.61 Å². The Labute approximate surface area is 151 Å². The van der Waals surface area contributed by atoms with Crippen molar-refractivity contribution in [3.63, 3.8) is 0 Å². The van der Waals surface area contributed by atoms with Gasteiger partial charge in [0.2, 0.25) is 0 Å². The molecule has 5 heteroatoms. The van der Waals surface area contributed by atoms with Crippen molar-refractivity contribution < 1.29 is 19.1 Å². The summed E-state index contributed by atoms with van der Waals surface area (Å²) in [5, 5.41) is 0. The Morgan fingerprint density at radius 2 is 1.72 bits per heavy atom. The molecule has 1 atom stereocenters. The van der Waals surface area contributed by atoms with E-state index in [4.69, 9.17) is 9.47 Å². The van der Waals surface area contributed by atoms with Gasteiger partial charge in [0.25, 0.3) is 0 Å². The number of hydrogen-bond acceptors (Lipinski definition) is 4. The number of ether oxygens (including phenoxy) is 2. The van der Waals surface area contributed by atoms with E-state index in [0.717, 1.165) is 31.2 Å². The van der Waals surface area contributed by atoms with Crippen LogP contribution in [0.4, 0.5) is 4.79 Å². The molecule has 0 spiro atoms. The zero-order chi connectivity index (χ0) is 18.7. The van der Waals surface area contributed by atoms with Crippen molar-refractivity contribution in [3.05, 3.63) is 35.9 Å². The van der Waals surface area contributed by atoms with Gasteiger partial charge in [-0.2, -0.15) is 0 Å². The zero-order valence-corrected chi connectivity index (χ0v) is 15.9. The number of hydrogen-bond donors (Lipinski definition) is 0. The molecule has 5 nitrogen and oxygen atoms in total. The highest BCUT2D eigenvalue weighted by atomic mass is 16.6. The van der Waals surface area contributed by atoms with E-state index in [1.807, 2.05) is 44.2 Å². The number of carbonyl (C=O) groups excluding carboxylic acids is 2. The van der Waals surface area contributed by atoms with Crippen LogP contribution < -0.4 is 0 Å². The standard InChI is InChI=1S/C20H31NO4/c1-5-6-7-11-14-24-19(22)18(16(2)3)21(4)20(23)25-15-17-12-9-8-10-13-17/h8-10,12-13,16,18H,5-7,11,14-15H2,1-4H3. The normalized spacial score (nSPS) is 11.9. The minimum atomic E-state index is -0.644. The Morgan fingerprint density at radius 3 is 2.32 bits per heavy atom. The Kier molecular flexibility index (Phi) is 9.66. The molecule has 0 heterocycles. The average Bonchev–Trinajstić information content (AvgIpc) is 2.60. The van der Waals surface area contributed by atoms with Gasteiger partial charge in [0.1, 0.15) is 12.6 Å². The van der Waals surface area contributed by atoms with E-state index in [1.165, 1.54) is 4.90 Å². The van der Waals surface area contributed by atoms with Crippen LogP contribution in [0, 0.1) is 5.92 Å². The Morgan fingerprint density at radius 1 is 1.04 bits per heavy atom. The van der Waals surface area contributed by atoms with Crippen molar-refractivity contribution in [2.45, 2.75) is 59.1 Å². The second-order valence-corrected chi connectivity index (χ2v) is 6.57. The number of nitrogens with zero attached hydrogens (tertiary/aromatic N) is 1. The highest BCUT2D eigenvalue weighted by Crippen LogP contribution is 2.14. The molecule has 0 aliphatic heterocycles. The highest BCUT2D eigenvalue weighted by Gasteiger charge is 2.32. The van der Waals surface area contributed by atoms with E-state index < -0.39 is 12.1 Å². The van der Waals surface area contributed by atoms with Gasteiger partial charge in [0, 0.05) is 7.05 Å². The summed E-state index contributed by atoms with van der Waals surface area (Å²) in [6.07, 6.45) is 3.65. The fraction of sp³-hybridized carbons (Fsp3) is 0.600. The molecule has 0 radical (unpaired) electrons. The summed E-state index contributed by atoms with van der Waals surface area (Å²) >= 11 is 0. The topological polar surface area (TPSA) is 55.8 Å². The van der Waals surface area contributed by atoms with Crippen LogP contribution in [0.2, 0.25) is 0 Å². The van der Waals surface area contributed by atoms with Crippen molar-refractivity contribution in [3.8, 4) is 0 Å². The number of rotatable bonds is 10. The van der Waals surface area contributed by atoms with Crippen LogP contribution >= 0.6 is 0 Å². The second-order valence-electron chi connectivity index (χ2n) is 6.57. The van der Waals surface area contributed by atoms with E-state index in [9.17, 15) is 9.59 Å². The molecule has 0 saturated heterocycles. The van der Waals surface area contributed by atoms with Crippen LogP contribution in [0.25, 0.3) is 0 Å². The van der Waals surface area contributed by atoms with Gasteiger partial charge in [-0.3, -0.25) is 4.90 Å². The van der Waals surface area contributed by atoms with Crippen LogP contribution in [-0.2, 0) is 20.9 Å². The molecule has 1 amide bonds. The van der Waals surface area contributed by atoms with E-state index in [1.54, 1.807) is 7.05 Å². The van der Waals surface area contributed by atoms with Crippen LogP contribution in [0.3, 0.4) is 0 Å². The van der Waals surface area contributed by atoms with Crippen molar-refractivity contribution in [1.82, 2.24) is 4.90 Å². The first-order chi connectivity index (χ1) is 12.0. The molecule has 0 saturated carbocycles. The van der Waals surface area contributed by atoms with Crippen LogP contribution in [0.5, 0.6) is 0 Å². The molecule has 1 unspecified atom stereocenters. The van der Waals surface area contributed by atoms with Gasteiger partial charge in [0.15, 0.2) is 0 Å². The minimum Gasteiger partial charge on any atom is -0.464 e. The number of unbranched alkanes of at least 4 members (excludes halogenated alkanes) is 3. The van der Waals surface area contributed by atoms with E-state index >= 15 is 0 Å². The highest BCUT2D eigenvalue weighted by molar-refractivity contribution is 5.81. The zero-order valence-electron chi connectivity index (χ0n) is 15.9. The molecule has 0 aromatic heterocycles. The smallest absolute Gasteiger partial charge is 0.410 e.